The molecule has 1 unspecified atom stereocenters. The van der Waals surface area contributed by atoms with Crippen LogP contribution in [0.4, 0.5) is 5.69 Å². The quantitative estimate of drug-likeness (QED) is 0.147. The Bertz CT molecular complexity index is 1880. The van der Waals surface area contributed by atoms with Gasteiger partial charge in [-0.25, -0.2) is 4.98 Å². The van der Waals surface area contributed by atoms with Gasteiger partial charge in [0, 0.05) is 49.9 Å². The third-order valence-electron chi connectivity index (χ3n) is 8.57. The van der Waals surface area contributed by atoms with E-state index in [1.54, 1.807) is 42.3 Å². The molecule has 0 aliphatic rings. The Balaban J connectivity index is 0.000000852. The molecule has 0 N–H and O–H groups in total. The minimum atomic E-state index is -0.255. The Morgan fingerprint density at radius 3 is 1.46 bits per heavy atom. The Morgan fingerprint density at radius 2 is 1.04 bits per heavy atom. The van der Waals surface area contributed by atoms with Crippen LogP contribution in [0.3, 0.4) is 0 Å². The average Bonchev–Trinajstić information content (AvgIpc) is 3.62. The molecule has 0 amide bonds. The number of hydrogen-bond acceptors (Lipinski definition) is 1. The van der Waals surface area contributed by atoms with Crippen molar-refractivity contribution in [2.75, 3.05) is 42.3 Å². The fraction of sp³-hybridized carbons (Fsp3) is 0.386. The van der Waals surface area contributed by atoms with Crippen LogP contribution < -0.4 is 0 Å². The molecule has 6 rings (SSSR count). The second-order valence-electron chi connectivity index (χ2n) is 13.7. The summed E-state index contributed by atoms with van der Waals surface area (Å²) in [6, 6.07) is 28.2. The zero-order valence-corrected chi connectivity index (χ0v) is 37.5. The van der Waals surface area contributed by atoms with Crippen molar-refractivity contribution in [3.05, 3.63) is 146 Å². The number of nitrogens with zero attached hydrogens (tertiary/aromatic N) is 7. The second kappa shape index (κ2) is 21.2. The van der Waals surface area contributed by atoms with Gasteiger partial charge in [-0.1, -0.05) is 111 Å². The van der Waals surface area contributed by atoms with Crippen LogP contribution in [0.25, 0.3) is 48.9 Å². The first-order valence-corrected chi connectivity index (χ1v) is 17.8. The maximum absolute atomic E-state index is 5.68. The predicted octanol–water partition coefficient (Wildman–Crippen LogP) is 12.3. The van der Waals surface area contributed by atoms with Crippen LogP contribution in [0.2, 0.25) is 0 Å². The van der Waals surface area contributed by atoms with Gasteiger partial charge < -0.3 is 25.8 Å². The Morgan fingerprint density at radius 1 is 0.615 bits per heavy atom. The van der Waals surface area contributed by atoms with Gasteiger partial charge in [-0.15, -0.1) is 5.69 Å². The number of benzene rings is 4. The summed E-state index contributed by atoms with van der Waals surface area (Å²) in [5.41, 5.74) is 11.0. The van der Waals surface area contributed by atoms with Crippen LogP contribution in [0.1, 0.15) is 84.8 Å². The molecule has 0 bridgehead atoms. The SMILES string of the molecule is C[N-]C.C[N-]C.C[N-]C.Cc1cc(C)c(C([N-]c2c(C(C)C)cccc2C(C)C)c2nc(-n3c4ccccc4c4ccccc43)cn2C)c(C)c1.[Hf]. The van der Waals surface area contributed by atoms with Gasteiger partial charge in [0.2, 0.25) is 0 Å². The molecule has 0 spiro atoms. The summed E-state index contributed by atoms with van der Waals surface area (Å²) < 4.78 is 4.47. The number of imidazole rings is 1. The summed E-state index contributed by atoms with van der Waals surface area (Å²) in [5, 5.41) is 18.7. The minimum Gasteiger partial charge on any atom is -0.671 e. The Labute approximate surface area is 332 Å². The summed E-state index contributed by atoms with van der Waals surface area (Å²) in [6.07, 6.45) is 2.16. The van der Waals surface area contributed by atoms with E-state index >= 15 is 0 Å². The van der Waals surface area contributed by atoms with Gasteiger partial charge in [0.1, 0.15) is 5.82 Å². The molecule has 0 radical (unpaired) electrons. The van der Waals surface area contributed by atoms with Crippen LogP contribution in [0.15, 0.2) is 85.1 Å². The molecule has 6 aromatic rings. The largest absolute Gasteiger partial charge is 0.671 e. The second-order valence-corrected chi connectivity index (χ2v) is 13.7. The third-order valence-corrected chi connectivity index (χ3v) is 8.57. The molecule has 278 valence electrons. The third kappa shape index (κ3) is 10.3. The van der Waals surface area contributed by atoms with E-state index in [1.165, 1.54) is 44.2 Å². The van der Waals surface area contributed by atoms with Crippen LogP contribution in [-0.4, -0.2) is 56.4 Å². The molecule has 7 nitrogen and oxygen atoms in total. The molecule has 0 saturated heterocycles. The molecule has 0 aliphatic heterocycles. The van der Waals surface area contributed by atoms with Crippen LogP contribution in [0, 0.1) is 20.8 Å². The number of rotatable bonds is 7. The van der Waals surface area contributed by atoms with Crippen molar-refractivity contribution in [3.63, 3.8) is 0 Å². The van der Waals surface area contributed by atoms with Crippen LogP contribution in [0.5, 0.6) is 0 Å². The Hall–Kier alpha value is -3.56. The smallest absolute Gasteiger partial charge is 0.156 e. The molecule has 4 aromatic carbocycles. The number of hydrogen-bond donors (Lipinski definition) is 0. The van der Waals surface area contributed by atoms with Crippen molar-refractivity contribution in [2.45, 2.75) is 66.3 Å². The molecule has 52 heavy (non-hydrogen) atoms. The van der Waals surface area contributed by atoms with Gasteiger partial charge in [-0.2, -0.15) is 42.3 Å². The zero-order valence-electron chi connectivity index (χ0n) is 33.9. The van der Waals surface area contributed by atoms with Crippen molar-refractivity contribution in [1.29, 1.82) is 0 Å². The first kappa shape index (κ1) is 44.6. The van der Waals surface area contributed by atoms with Crippen molar-refractivity contribution in [3.8, 4) is 5.82 Å². The summed E-state index contributed by atoms with van der Waals surface area (Å²) in [5.74, 6) is 2.57. The zero-order chi connectivity index (χ0) is 37.8. The predicted molar refractivity (Wildman–Crippen MR) is 223 cm³/mol. The van der Waals surface area contributed by atoms with Crippen LogP contribution in [-0.2, 0) is 32.9 Å². The van der Waals surface area contributed by atoms with E-state index < -0.39 is 0 Å². The fourth-order valence-electron chi connectivity index (χ4n) is 6.66. The van der Waals surface area contributed by atoms with Crippen molar-refractivity contribution in [2.24, 2.45) is 7.05 Å². The van der Waals surface area contributed by atoms with Gasteiger partial charge in [-0.3, -0.25) is 4.57 Å². The van der Waals surface area contributed by atoms with Gasteiger partial charge in [0.05, 0.1) is 11.0 Å². The van der Waals surface area contributed by atoms with E-state index in [2.05, 4.69) is 166 Å². The summed E-state index contributed by atoms with van der Waals surface area (Å²) in [7, 11) is 12.6. The molecule has 1 atom stereocenters. The van der Waals surface area contributed by atoms with Crippen molar-refractivity contribution >= 4 is 27.5 Å². The molecule has 0 saturated carbocycles. The van der Waals surface area contributed by atoms with Crippen LogP contribution >= 0.6 is 0 Å². The molecule has 8 heteroatoms. The van der Waals surface area contributed by atoms with E-state index in [1.807, 2.05) is 0 Å². The molecule has 2 aromatic heterocycles. The summed E-state index contributed by atoms with van der Waals surface area (Å²) >= 11 is 0. The van der Waals surface area contributed by atoms with Gasteiger partial charge >= 0.3 is 0 Å². The average molecular weight is 864 g/mol. The van der Waals surface area contributed by atoms with Gasteiger partial charge in [-0.05, 0) is 67.5 Å². The number of fused-ring (bicyclic) bond motifs is 3. The van der Waals surface area contributed by atoms with E-state index in [0.29, 0.717) is 11.8 Å². The summed E-state index contributed by atoms with van der Waals surface area (Å²) in [6.45, 7) is 15.6. The monoisotopic (exact) mass is 865 g/mol. The molecule has 0 aliphatic carbocycles. The van der Waals surface area contributed by atoms with Crippen molar-refractivity contribution < 1.29 is 25.8 Å². The maximum atomic E-state index is 5.68. The van der Waals surface area contributed by atoms with E-state index in [0.717, 1.165) is 28.4 Å². The molecular formula is C44H59HfN7-4. The topological polar surface area (TPSA) is 79.2 Å². The van der Waals surface area contributed by atoms with E-state index in [-0.39, 0.29) is 31.9 Å². The first-order chi connectivity index (χ1) is 24.4. The molecular weight excluding hydrogens is 805 g/mol. The van der Waals surface area contributed by atoms with E-state index in [9.17, 15) is 0 Å². The van der Waals surface area contributed by atoms with Crippen molar-refractivity contribution in [1.82, 2.24) is 14.1 Å². The molecule has 2 heterocycles. The maximum Gasteiger partial charge on any atom is 0.156 e. The minimum absolute atomic E-state index is 0. The number of aromatic nitrogens is 3. The first-order valence-electron chi connectivity index (χ1n) is 17.8. The fourth-order valence-corrected chi connectivity index (χ4v) is 6.66. The normalized spacial score (nSPS) is 11.2. The van der Waals surface area contributed by atoms with Gasteiger partial charge in [0.25, 0.3) is 0 Å². The molecule has 0 fully saturated rings. The number of para-hydroxylation sites is 3. The Kier molecular flexibility index (Phi) is 18.2. The number of aryl methyl sites for hydroxylation is 4. The van der Waals surface area contributed by atoms with E-state index in [4.69, 9.17) is 10.3 Å². The summed E-state index contributed by atoms with van der Waals surface area (Å²) in [4.78, 5) is 5.41. The van der Waals surface area contributed by atoms with Gasteiger partial charge in [0.15, 0.2) is 5.82 Å². The standard InChI is InChI=1S/C38H41N4.3C2H6N.Hf/c1-23(2)28-16-13-17-29(24(3)4)36(28)40-37(35-26(6)20-25(5)21-27(35)7)38-39-34(22-41(38)8)42-32-18-11-9-14-30(32)31-15-10-12-19-33(31)42;3*1-3-2;/h9-24,37H,1-8H3;3*1-2H3;/q4*-1;.